The molecule has 2 rings (SSSR count). The second-order valence-electron chi connectivity index (χ2n) is 7.89. The fourth-order valence-corrected chi connectivity index (χ4v) is 3.16. The molecule has 1 aliphatic heterocycles. The van der Waals surface area contributed by atoms with Crippen LogP contribution in [-0.4, -0.2) is 94.9 Å². The highest BCUT2D eigenvalue weighted by atomic mass is 127. The van der Waals surface area contributed by atoms with Gasteiger partial charge in [-0.05, 0) is 31.9 Å². The molecule has 1 aromatic carbocycles. The van der Waals surface area contributed by atoms with E-state index in [2.05, 4.69) is 39.6 Å². The van der Waals surface area contributed by atoms with Gasteiger partial charge in [-0.15, -0.1) is 24.0 Å². The third kappa shape index (κ3) is 12.0. The number of hydrogen-bond donors (Lipinski definition) is 2. The van der Waals surface area contributed by atoms with Crippen molar-refractivity contribution in [2.24, 2.45) is 4.99 Å². The minimum Gasteiger partial charge on any atom is -0.379 e. The Morgan fingerprint density at radius 2 is 1.81 bits per heavy atom. The molecule has 0 radical (unpaired) electrons. The fourth-order valence-electron chi connectivity index (χ4n) is 3.16. The molecule has 1 aromatic rings. The molecule has 0 spiro atoms. The number of nitrogens with one attached hydrogen (secondary N) is 2. The number of guanidine groups is 1. The third-order valence-electron chi connectivity index (χ3n) is 5.17. The number of carbonyl (C=O) groups excluding carboxylic acids is 1. The summed E-state index contributed by atoms with van der Waals surface area (Å²) in [6.07, 6.45) is 1.94. The summed E-state index contributed by atoms with van der Waals surface area (Å²) in [7, 11) is 3.48. The molecule has 9 heteroatoms. The van der Waals surface area contributed by atoms with Gasteiger partial charge in [0.15, 0.2) is 5.96 Å². The number of halogens is 1. The third-order valence-corrected chi connectivity index (χ3v) is 5.17. The van der Waals surface area contributed by atoms with Gasteiger partial charge in [-0.1, -0.05) is 30.3 Å². The largest absolute Gasteiger partial charge is 0.379 e. The second-order valence-corrected chi connectivity index (χ2v) is 7.89. The van der Waals surface area contributed by atoms with E-state index in [-0.39, 0.29) is 42.5 Å². The Bertz CT molecular complexity index is 654. The molecule has 2 N–H and O–H groups in total. The Morgan fingerprint density at radius 3 is 2.47 bits per heavy atom. The van der Waals surface area contributed by atoms with Crippen LogP contribution in [0.5, 0.6) is 0 Å². The molecular weight excluding hydrogens is 521 g/mol. The molecule has 0 aromatic heterocycles. The van der Waals surface area contributed by atoms with E-state index in [1.807, 2.05) is 18.2 Å². The van der Waals surface area contributed by atoms with Crippen LogP contribution in [0, 0.1) is 0 Å². The SMILES string of the molecule is CC(OCCCNC(=NCC(=O)N(C)C)NCCCN1CCOCC1)c1ccccc1.I. The highest BCUT2D eigenvalue weighted by Crippen LogP contribution is 2.15. The molecule has 1 heterocycles. The number of aliphatic imine (C=N–C) groups is 1. The van der Waals surface area contributed by atoms with Crippen molar-refractivity contribution in [1.29, 1.82) is 0 Å². The van der Waals surface area contributed by atoms with E-state index in [9.17, 15) is 4.79 Å². The van der Waals surface area contributed by atoms with Crippen molar-refractivity contribution in [3.8, 4) is 0 Å². The van der Waals surface area contributed by atoms with Crippen LogP contribution in [-0.2, 0) is 14.3 Å². The monoisotopic (exact) mass is 561 g/mol. The maximum atomic E-state index is 11.9. The van der Waals surface area contributed by atoms with Crippen molar-refractivity contribution in [2.75, 3.05) is 73.2 Å². The number of ether oxygens (including phenoxy) is 2. The van der Waals surface area contributed by atoms with Crippen molar-refractivity contribution in [2.45, 2.75) is 25.9 Å². The summed E-state index contributed by atoms with van der Waals surface area (Å²) in [5.41, 5.74) is 1.18. The summed E-state index contributed by atoms with van der Waals surface area (Å²) < 4.78 is 11.3. The first kappa shape index (κ1) is 28.6. The van der Waals surface area contributed by atoms with Crippen molar-refractivity contribution >= 4 is 35.8 Å². The average molecular weight is 562 g/mol. The van der Waals surface area contributed by atoms with E-state index in [1.54, 1.807) is 19.0 Å². The molecule has 0 saturated carbocycles. The van der Waals surface area contributed by atoms with Crippen molar-refractivity contribution in [3.05, 3.63) is 35.9 Å². The lowest BCUT2D eigenvalue weighted by Crippen LogP contribution is -2.41. The maximum absolute atomic E-state index is 11.9. The predicted octanol–water partition coefficient (Wildman–Crippen LogP) is 2.12. The number of morpholine rings is 1. The molecule has 1 fully saturated rings. The Labute approximate surface area is 210 Å². The normalized spacial score (nSPS) is 15.5. The van der Waals surface area contributed by atoms with Crippen molar-refractivity contribution in [1.82, 2.24) is 20.4 Å². The second kappa shape index (κ2) is 17.1. The number of nitrogens with zero attached hydrogens (tertiary/aromatic N) is 3. The molecule has 32 heavy (non-hydrogen) atoms. The number of hydrogen-bond acceptors (Lipinski definition) is 5. The summed E-state index contributed by atoms with van der Waals surface area (Å²) in [6, 6.07) is 10.2. The van der Waals surface area contributed by atoms with Gasteiger partial charge in [0.25, 0.3) is 0 Å². The quantitative estimate of drug-likeness (QED) is 0.176. The van der Waals surface area contributed by atoms with E-state index in [0.29, 0.717) is 12.6 Å². The van der Waals surface area contributed by atoms with Crippen LogP contribution in [0.25, 0.3) is 0 Å². The van der Waals surface area contributed by atoms with Crippen LogP contribution < -0.4 is 10.6 Å². The summed E-state index contributed by atoms with van der Waals surface area (Å²) in [6.45, 7) is 9.06. The Morgan fingerprint density at radius 1 is 1.16 bits per heavy atom. The van der Waals surface area contributed by atoms with Gasteiger partial charge < -0.3 is 25.0 Å². The summed E-state index contributed by atoms with van der Waals surface area (Å²) in [4.78, 5) is 20.3. The summed E-state index contributed by atoms with van der Waals surface area (Å²) in [5, 5.41) is 6.67. The molecule has 1 amide bonds. The predicted molar refractivity (Wildman–Crippen MR) is 140 cm³/mol. The topological polar surface area (TPSA) is 78.4 Å². The maximum Gasteiger partial charge on any atom is 0.243 e. The summed E-state index contributed by atoms with van der Waals surface area (Å²) >= 11 is 0. The van der Waals surface area contributed by atoms with Crippen molar-refractivity contribution in [3.63, 3.8) is 0 Å². The Kier molecular flexibility index (Phi) is 15.3. The smallest absolute Gasteiger partial charge is 0.243 e. The zero-order chi connectivity index (χ0) is 22.3. The molecule has 8 nitrogen and oxygen atoms in total. The van der Waals surface area contributed by atoms with E-state index in [4.69, 9.17) is 9.47 Å². The molecule has 1 saturated heterocycles. The van der Waals surface area contributed by atoms with Gasteiger partial charge in [-0.3, -0.25) is 9.69 Å². The van der Waals surface area contributed by atoms with Crippen LogP contribution in [0.2, 0.25) is 0 Å². The van der Waals surface area contributed by atoms with E-state index >= 15 is 0 Å². The lowest BCUT2D eigenvalue weighted by atomic mass is 10.1. The molecule has 0 bridgehead atoms. The van der Waals surface area contributed by atoms with Crippen LogP contribution in [0.3, 0.4) is 0 Å². The van der Waals surface area contributed by atoms with Crippen LogP contribution >= 0.6 is 24.0 Å². The Hall–Kier alpha value is -1.43. The van der Waals surface area contributed by atoms with Crippen LogP contribution in [0.15, 0.2) is 35.3 Å². The zero-order valence-corrected chi connectivity index (χ0v) is 22.0. The minimum atomic E-state index is -0.0190. The van der Waals surface area contributed by atoms with Gasteiger partial charge in [-0.2, -0.15) is 0 Å². The zero-order valence-electron chi connectivity index (χ0n) is 19.7. The van der Waals surface area contributed by atoms with E-state index in [0.717, 1.165) is 58.8 Å². The van der Waals surface area contributed by atoms with E-state index < -0.39 is 0 Å². The number of benzene rings is 1. The number of amides is 1. The first-order valence-electron chi connectivity index (χ1n) is 11.2. The van der Waals surface area contributed by atoms with Crippen molar-refractivity contribution < 1.29 is 14.3 Å². The number of rotatable bonds is 12. The van der Waals surface area contributed by atoms with E-state index in [1.165, 1.54) is 5.56 Å². The average Bonchev–Trinajstić information content (AvgIpc) is 2.80. The minimum absolute atomic E-state index is 0. The van der Waals surface area contributed by atoms with Gasteiger partial charge in [0, 0.05) is 46.9 Å². The van der Waals surface area contributed by atoms with Crippen LogP contribution in [0.1, 0.15) is 31.4 Å². The molecule has 1 aliphatic rings. The van der Waals surface area contributed by atoms with Gasteiger partial charge in [-0.25, -0.2) is 4.99 Å². The molecular formula is C23H40IN5O3. The first-order valence-corrected chi connectivity index (χ1v) is 11.2. The highest BCUT2D eigenvalue weighted by molar-refractivity contribution is 14.0. The molecule has 182 valence electrons. The first-order chi connectivity index (χ1) is 15.1. The van der Waals surface area contributed by atoms with Gasteiger partial charge in [0.1, 0.15) is 6.54 Å². The van der Waals surface area contributed by atoms with Gasteiger partial charge in [0.05, 0.1) is 19.3 Å². The summed E-state index contributed by atoms with van der Waals surface area (Å²) in [5.74, 6) is 0.655. The molecule has 0 aliphatic carbocycles. The number of carbonyl (C=O) groups is 1. The van der Waals surface area contributed by atoms with Gasteiger partial charge >= 0.3 is 0 Å². The van der Waals surface area contributed by atoms with Crippen LogP contribution in [0.4, 0.5) is 0 Å². The molecule has 1 atom stereocenters. The molecule has 1 unspecified atom stereocenters. The lowest BCUT2D eigenvalue weighted by molar-refractivity contribution is -0.127. The highest BCUT2D eigenvalue weighted by Gasteiger charge is 2.10. The standard InChI is InChI=1S/C23H39N5O3.HI/c1-20(21-9-5-4-6-10-21)31-16-8-12-25-23(26-19-22(29)27(2)3)24-11-7-13-28-14-17-30-18-15-28;/h4-6,9-10,20H,7-8,11-19H2,1-3H3,(H2,24,25,26);1H. The lowest BCUT2D eigenvalue weighted by Gasteiger charge is -2.26. The Balaban J connectivity index is 0.00000512. The van der Waals surface area contributed by atoms with Gasteiger partial charge in [0.2, 0.25) is 5.91 Å². The fraction of sp³-hybridized carbons (Fsp3) is 0.652. The number of likely N-dealkylation sites (N-methyl/N-ethyl adjacent to an activating group) is 1.